The number of fused-ring (bicyclic) bond motifs is 1. The molecular weight excluding hydrogens is 336 g/mol. The molecule has 136 valence electrons. The van der Waals surface area contributed by atoms with Crippen molar-refractivity contribution in [1.82, 2.24) is 29.3 Å². The summed E-state index contributed by atoms with van der Waals surface area (Å²) in [5, 5.41) is 17.6. The Kier molecular flexibility index (Phi) is 3.78. The highest BCUT2D eigenvalue weighted by atomic mass is 16.4. The number of carbonyl (C=O) groups is 1. The number of aryl methyl sites for hydroxylation is 1. The number of rotatable bonds is 2. The molecule has 0 atom stereocenters. The minimum absolute atomic E-state index is 0.111. The van der Waals surface area contributed by atoms with Gasteiger partial charge in [-0.25, -0.2) is 9.48 Å². The van der Waals surface area contributed by atoms with Crippen LogP contribution in [0.15, 0.2) is 23.1 Å². The lowest BCUT2D eigenvalue weighted by Gasteiger charge is -2.30. The van der Waals surface area contributed by atoms with Crippen molar-refractivity contribution in [1.29, 1.82) is 0 Å². The molecule has 1 amide bonds. The third-order valence-corrected chi connectivity index (χ3v) is 5.10. The maximum absolute atomic E-state index is 12.4. The van der Waals surface area contributed by atoms with Crippen LogP contribution in [-0.4, -0.2) is 53.6 Å². The normalized spacial score (nSPS) is 15.7. The predicted octanol–water partition coefficient (Wildman–Crippen LogP) is 1.82. The van der Waals surface area contributed by atoms with Gasteiger partial charge in [0, 0.05) is 36.6 Å². The Labute approximate surface area is 148 Å². The molecule has 0 unspecified atom stereocenters. The largest absolute Gasteiger partial charge is 0.465 e. The second kappa shape index (κ2) is 6.01. The van der Waals surface area contributed by atoms with Gasteiger partial charge < -0.3 is 15.0 Å². The summed E-state index contributed by atoms with van der Waals surface area (Å²) in [5.74, 6) is 0. The zero-order valence-corrected chi connectivity index (χ0v) is 14.6. The molecule has 1 saturated heterocycles. The number of imidazole rings is 1. The highest BCUT2D eigenvalue weighted by Crippen LogP contribution is 2.27. The fourth-order valence-electron chi connectivity index (χ4n) is 3.68. The van der Waals surface area contributed by atoms with Gasteiger partial charge in [0.25, 0.3) is 5.56 Å². The fourth-order valence-corrected chi connectivity index (χ4v) is 3.68. The number of pyridine rings is 1. The molecule has 9 heteroatoms. The molecule has 0 spiro atoms. The van der Waals surface area contributed by atoms with Crippen LogP contribution in [0.25, 0.3) is 16.9 Å². The van der Waals surface area contributed by atoms with Crippen molar-refractivity contribution >= 4 is 11.7 Å². The van der Waals surface area contributed by atoms with E-state index in [1.807, 2.05) is 24.6 Å². The highest BCUT2D eigenvalue weighted by molar-refractivity contribution is 5.66. The number of nitrogens with one attached hydrogen (secondary N) is 1. The van der Waals surface area contributed by atoms with E-state index in [4.69, 9.17) is 5.11 Å². The Morgan fingerprint density at radius 3 is 2.69 bits per heavy atom. The molecule has 26 heavy (non-hydrogen) atoms. The van der Waals surface area contributed by atoms with Crippen LogP contribution in [0.1, 0.15) is 30.3 Å². The lowest BCUT2D eigenvalue weighted by molar-refractivity contribution is 0.123. The number of likely N-dealkylation sites (tertiary alicyclic amines) is 1. The number of aromatic nitrogens is 5. The summed E-state index contributed by atoms with van der Waals surface area (Å²) in [6, 6.07) is 3.58. The van der Waals surface area contributed by atoms with Crippen LogP contribution >= 0.6 is 0 Å². The summed E-state index contributed by atoms with van der Waals surface area (Å²) in [7, 11) is 0. The molecule has 1 aliphatic rings. The Morgan fingerprint density at radius 1 is 1.27 bits per heavy atom. The first-order valence-electron chi connectivity index (χ1n) is 8.56. The van der Waals surface area contributed by atoms with Gasteiger partial charge in [-0.05, 0) is 32.8 Å². The van der Waals surface area contributed by atoms with Crippen LogP contribution in [0.4, 0.5) is 4.79 Å². The van der Waals surface area contributed by atoms with Crippen LogP contribution < -0.4 is 5.56 Å². The molecule has 9 nitrogen and oxygen atoms in total. The maximum atomic E-state index is 12.4. The first-order chi connectivity index (χ1) is 12.5. The Morgan fingerprint density at radius 2 is 2.00 bits per heavy atom. The van der Waals surface area contributed by atoms with Crippen molar-refractivity contribution in [3.8, 4) is 11.3 Å². The van der Waals surface area contributed by atoms with Crippen molar-refractivity contribution in [3.63, 3.8) is 0 Å². The second-order valence-corrected chi connectivity index (χ2v) is 6.70. The van der Waals surface area contributed by atoms with E-state index in [-0.39, 0.29) is 11.6 Å². The molecule has 1 fully saturated rings. The Balaban J connectivity index is 1.66. The second-order valence-electron chi connectivity index (χ2n) is 6.70. The van der Waals surface area contributed by atoms with Crippen molar-refractivity contribution in [2.45, 2.75) is 32.7 Å². The molecule has 0 radical (unpaired) electrons. The Hall–Kier alpha value is -3.10. The highest BCUT2D eigenvalue weighted by Gasteiger charge is 2.26. The number of piperidine rings is 1. The van der Waals surface area contributed by atoms with E-state index in [0.29, 0.717) is 37.3 Å². The third kappa shape index (κ3) is 2.56. The van der Waals surface area contributed by atoms with Gasteiger partial charge in [0.15, 0.2) is 0 Å². The number of nitrogens with zero attached hydrogens (tertiary/aromatic N) is 5. The molecule has 0 aromatic carbocycles. The minimum Gasteiger partial charge on any atom is -0.465 e. The lowest BCUT2D eigenvalue weighted by atomic mass is 10.0. The maximum Gasteiger partial charge on any atom is 0.407 e. The monoisotopic (exact) mass is 356 g/mol. The standard InChI is InChI=1S/C17H20N6O3/c1-10-9-18-14-7-12(8-15(24)22(10)14)16-11(2)23(20-19-16)13-3-5-21(6-4-13)17(25)26/h7-9,13,18H,3-6H2,1-2H3,(H,25,26). The van der Waals surface area contributed by atoms with Crippen molar-refractivity contribution < 1.29 is 9.90 Å². The van der Waals surface area contributed by atoms with Crippen LogP contribution in [-0.2, 0) is 0 Å². The van der Waals surface area contributed by atoms with Crippen LogP contribution in [0.5, 0.6) is 0 Å². The van der Waals surface area contributed by atoms with Gasteiger partial charge in [-0.15, -0.1) is 5.10 Å². The number of H-pyrrole nitrogens is 1. The number of hydrogen-bond donors (Lipinski definition) is 2. The van der Waals surface area contributed by atoms with E-state index in [2.05, 4.69) is 15.3 Å². The fraction of sp³-hybridized carbons (Fsp3) is 0.412. The van der Waals surface area contributed by atoms with Gasteiger partial charge in [0.1, 0.15) is 11.3 Å². The molecule has 0 saturated carbocycles. The summed E-state index contributed by atoms with van der Waals surface area (Å²) in [6.45, 7) is 4.78. The van der Waals surface area contributed by atoms with Crippen LogP contribution in [0.2, 0.25) is 0 Å². The van der Waals surface area contributed by atoms with Gasteiger partial charge in [0.05, 0.1) is 11.7 Å². The smallest absolute Gasteiger partial charge is 0.407 e. The van der Waals surface area contributed by atoms with Crippen LogP contribution in [0, 0.1) is 13.8 Å². The van der Waals surface area contributed by atoms with Gasteiger partial charge >= 0.3 is 6.09 Å². The average Bonchev–Trinajstić information content (AvgIpc) is 3.18. The molecule has 0 bridgehead atoms. The zero-order valence-electron chi connectivity index (χ0n) is 14.6. The SMILES string of the molecule is Cc1c(-c2cc(=O)n3c(C)c[nH]c3c2)nnn1C1CCN(C(=O)O)CC1. The average molecular weight is 356 g/mol. The minimum atomic E-state index is -0.880. The topological polar surface area (TPSA) is 109 Å². The number of aromatic amines is 1. The predicted molar refractivity (Wildman–Crippen MR) is 94.4 cm³/mol. The molecule has 4 rings (SSSR count). The Bertz CT molecular complexity index is 1040. The lowest BCUT2D eigenvalue weighted by Crippen LogP contribution is -2.38. The van der Waals surface area contributed by atoms with Gasteiger partial charge in [-0.1, -0.05) is 5.21 Å². The molecular formula is C17H20N6O3. The summed E-state index contributed by atoms with van der Waals surface area (Å²) in [6.07, 6.45) is 2.32. The van der Waals surface area contributed by atoms with E-state index >= 15 is 0 Å². The molecule has 3 aromatic heterocycles. The van der Waals surface area contributed by atoms with Gasteiger partial charge in [0.2, 0.25) is 0 Å². The first kappa shape index (κ1) is 16.4. The van der Waals surface area contributed by atoms with E-state index < -0.39 is 6.09 Å². The first-order valence-corrected chi connectivity index (χ1v) is 8.56. The quantitative estimate of drug-likeness (QED) is 0.728. The van der Waals surface area contributed by atoms with E-state index in [1.54, 1.807) is 16.7 Å². The van der Waals surface area contributed by atoms with E-state index in [1.165, 1.54) is 4.90 Å². The van der Waals surface area contributed by atoms with E-state index in [0.717, 1.165) is 17.0 Å². The van der Waals surface area contributed by atoms with Crippen LogP contribution in [0.3, 0.4) is 0 Å². The third-order valence-electron chi connectivity index (χ3n) is 5.10. The van der Waals surface area contributed by atoms with Crippen molar-refractivity contribution in [2.75, 3.05) is 13.1 Å². The molecule has 2 N–H and O–H groups in total. The number of amides is 1. The number of carboxylic acid groups (broad SMARTS) is 1. The van der Waals surface area contributed by atoms with Crippen molar-refractivity contribution in [2.24, 2.45) is 0 Å². The number of hydrogen-bond acceptors (Lipinski definition) is 4. The summed E-state index contributed by atoms with van der Waals surface area (Å²) >= 11 is 0. The van der Waals surface area contributed by atoms with E-state index in [9.17, 15) is 9.59 Å². The molecule has 3 aromatic rings. The molecule has 4 heterocycles. The molecule has 0 aliphatic carbocycles. The molecule has 1 aliphatic heterocycles. The van der Waals surface area contributed by atoms with Gasteiger partial charge in [-0.2, -0.15) is 0 Å². The zero-order chi connectivity index (χ0) is 18.4. The van der Waals surface area contributed by atoms with Crippen molar-refractivity contribution in [3.05, 3.63) is 40.1 Å². The summed E-state index contributed by atoms with van der Waals surface area (Å²) in [4.78, 5) is 28.0. The van der Waals surface area contributed by atoms with Gasteiger partial charge in [-0.3, -0.25) is 9.20 Å². The summed E-state index contributed by atoms with van der Waals surface area (Å²) < 4.78 is 3.47. The summed E-state index contributed by atoms with van der Waals surface area (Å²) in [5.41, 5.74) is 3.74.